The Balaban J connectivity index is 2.17. The standard InChI is InChI=1S/C13H15Cl3O/c14-9-13(3-5-17-6-4-13)8-10-1-2-11(15)7-12(10)16/h1-2,7H,3-6,8-9H2. The van der Waals surface area contributed by atoms with Crippen LogP contribution in [0, 0.1) is 5.41 Å². The van der Waals surface area contributed by atoms with Crippen molar-refractivity contribution in [3.05, 3.63) is 33.8 Å². The SMILES string of the molecule is ClCC1(Cc2ccc(Cl)cc2Cl)CCOCC1. The summed E-state index contributed by atoms with van der Waals surface area (Å²) in [6, 6.07) is 5.66. The van der Waals surface area contributed by atoms with E-state index >= 15 is 0 Å². The molecule has 2 rings (SSSR count). The maximum atomic E-state index is 6.21. The minimum Gasteiger partial charge on any atom is -0.381 e. The van der Waals surface area contributed by atoms with E-state index in [0.717, 1.165) is 43.1 Å². The van der Waals surface area contributed by atoms with Gasteiger partial charge in [-0.15, -0.1) is 11.6 Å². The van der Waals surface area contributed by atoms with Crippen LogP contribution in [0.25, 0.3) is 0 Å². The quantitative estimate of drug-likeness (QED) is 0.742. The van der Waals surface area contributed by atoms with Gasteiger partial charge in [0.25, 0.3) is 0 Å². The highest BCUT2D eigenvalue weighted by Crippen LogP contribution is 2.37. The molecule has 0 N–H and O–H groups in total. The minimum atomic E-state index is 0.122. The maximum absolute atomic E-state index is 6.21. The largest absolute Gasteiger partial charge is 0.381 e. The summed E-state index contributed by atoms with van der Waals surface area (Å²) in [4.78, 5) is 0. The number of hydrogen-bond donors (Lipinski definition) is 0. The molecule has 1 nitrogen and oxygen atoms in total. The lowest BCUT2D eigenvalue weighted by Crippen LogP contribution is -2.33. The second-order valence-corrected chi connectivity index (χ2v) is 5.77. The van der Waals surface area contributed by atoms with Crippen molar-refractivity contribution in [3.8, 4) is 0 Å². The van der Waals surface area contributed by atoms with Gasteiger partial charge in [-0.1, -0.05) is 29.3 Å². The van der Waals surface area contributed by atoms with Crippen LogP contribution in [-0.4, -0.2) is 19.1 Å². The van der Waals surface area contributed by atoms with Crippen LogP contribution >= 0.6 is 34.8 Å². The van der Waals surface area contributed by atoms with Gasteiger partial charge in [-0.3, -0.25) is 0 Å². The van der Waals surface area contributed by atoms with E-state index in [2.05, 4.69) is 0 Å². The summed E-state index contributed by atoms with van der Waals surface area (Å²) < 4.78 is 5.40. The molecule has 1 heterocycles. The van der Waals surface area contributed by atoms with E-state index in [0.29, 0.717) is 10.9 Å². The summed E-state index contributed by atoms with van der Waals surface area (Å²) >= 11 is 18.3. The molecule has 0 saturated carbocycles. The molecule has 1 aromatic rings. The van der Waals surface area contributed by atoms with Crippen molar-refractivity contribution in [1.82, 2.24) is 0 Å². The lowest BCUT2D eigenvalue weighted by atomic mass is 9.77. The molecule has 0 aliphatic carbocycles. The van der Waals surface area contributed by atoms with E-state index in [1.807, 2.05) is 12.1 Å². The van der Waals surface area contributed by atoms with Gasteiger partial charge in [-0.05, 0) is 42.4 Å². The Bertz CT molecular complexity index is 386. The van der Waals surface area contributed by atoms with Gasteiger partial charge in [-0.25, -0.2) is 0 Å². The van der Waals surface area contributed by atoms with E-state index < -0.39 is 0 Å². The first-order valence-electron chi connectivity index (χ1n) is 5.73. The molecule has 0 amide bonds. The highest BCUT2D eigenvalue weighted by molar-refractivity contribution is 6.35. The van der Waals surface area contributed by atoms with E-state index in [-0.39, 0.29) is 5.41 Å². The molecule has 1 aliphatic rings. The third-order valence-electron chi connectivity index (χ3n) is 3.42. The summed E-state index contributed by atoms with van der Waals surface area (Å²) in [6.07, 6.45) is 2.89. The zero-order valence-corrected chi connectivity index (χ0v) is 11.8. The Morgan fingerprint density at radius 3 is 2.47 bits per heavy atom. The molecule has 0 unspecified atom stereocenters. The topological polar surface area (TPSA) is 9.23 Å². The zero-order valence-electron chi connectivity index (χ0n) is 9.52. The molecule has 4 heteroatoms. The van der Waals surface area contributed by atoms with E-state index in [1.165, 1.54) is 0 Å². The van der Waals surface area contributed by atoms with Crippen molar-refractivity contribution < 1.29 is 4.74 Å². The molecular formula is C13H15Cl3O. The number of alkyl halides is 1. The Morgan fingerprint density at radius 2 is 1.88 bits per heavy atom. The van der Waals surface area contributed by atoms with E-state index in [1.54, 1.807) is 6.07 Å². The van der Waals surface area contributed by atoms with Crippen LogP contribution < -0.4 is 0 Å². The van der Waals surface area contributed by atoms with Crippen LogP contribution in [-0.2, 0) is 11.2 Å². The first kappa shape index (κ1) is 13.5. The third-order valence-corrected chi connectivity index (χ3v) is 4.57. The lowest BCUT2D eigenvalue weighted by Gasteiger charge is -2.35. The molecule has 1 saturated heterocycles. The average Bonchev–Trinajstić information content (AvgIpc) is 2.34. The zero-order chi connectivity index (χ0) is 12.3. The monoisotopic (exact) mass is 292 g/mol. The second-order valence-electron chi connectivity index (χ2n) is 4.66. The molecule has 0 bridgehead atoms. The second kappa shape index (κ2) is 5.79. The number of halogens is 3. The molecule has 17 heavy (non-hydrogen) atoms. The van der Waals surface area contributed by atoms with Crippen LogP contribution in [0.5, 0.6) is 0 Å². The van der Waals surface area contributed by atoms with Crippen LogP contribution in [0.4, 0.5) is 0 Å². The van der Waals surface area contributed by atoms with Gasteiger partial charge >= 0.3 is 0 Å². The Hall–Kier alpha value is 0.0500. The van der Waals surface area contributed by atoms with Gasteiger partial charge < -0.3 is 4.74 Å². The van der Waals surface area contributed by atoms with Crippen molar-refractivity contribution >= 4 is 34.8 Å². The predicted molar refractivity (Wildman–Crippen MR) is 73.4 cm³/mol. The van der Waals surface area contributed by atoms with Gasteiger partial charge in [0, 0.05) is 29.1 Å². The lowest BCUT2D eigenvalue weighted by molar-refractivity contribution is 0.0258. The first-order chi connectivity index (χ1) is 8.15. The van der Waals surface area contributed by atoms with Crippen LogP contribution in [0.3, 0.4) is 0 Å². The maximum Gasteiger partial charge on any atom is 0.0471 e. The van der Waals surface area contributed by atoms with Gasteiger partial charge in [0.1, 0.15) is 0 Å². The van der Waals surface area contributed by atoms with Gasteiger partial charge in [0.2, 0.25) is 0 Å². The number of rotatable bonds is 3. The highest BCUT2D eigenvalue weighted by Gasteiger charge is 2.32. The predicted octanol–water partition coefficient (Wildman–Crippen LogP) is 4.57. The molecule has 1 aliphatic heterocycles. The fourth-order valence-electron chi connectivity index (χ4n) is 2.23. The van der Waals surface area contributed by atoms with Crippen molar-refractivity contribution in [3.63, 3.8) is 0 Å². The molecule has 0 atom stereocenters. The summed E-state index contributed by atoms with van der Waals surface area (Å²) in [5.41, 5.74) is 1.25. The molecular weight excluding hydrogens is 279 g/mol. The number of hydrogen-bond acceptors (Lipinski definition) is 1. The molecule has 0 aromatic heterocycles. The highest BCUT2D eigenvalue weighted by atomic mass is 35.5. The Kier molecular flexibility index (Phi) is 4.59. The normalized spacial score (nSPS) is 19.2. The van der Waals surface area contributed by atoms with E-state index in [9.17, 15) is 0 Å². The Labute approximate surface area is 117 Å². The summed E-state index contributed by atoms with van der Waals surface area (Å²) in [5, 5.41) is 1.40. The van der Waals surface area contributed by atoms with E-state index in [4.69, 9.17) is 39.5 Å². The molecule has 0 radical (unpaired) electrons. The van der Waals surface area contributed by atoms with Crippen molar-refractivity contribution in [1.29, 1.82) is 0 Å². The van der Waals surface area contributed by atoms with Crippen molar-refractivity contribution in [2.24, 2.45) is 5.41 Å². The molecule has 1 aromatic carbocycles. The van der Waals surface area contributed by atoms with Gasteiger partial charge in [0.15, 0.2) is 0 Å². The molecule has 94 valence electrons. The number of ether oxygens (including phenoxy) is 1. The van der Waals surface area contributed by atoms with Crippen molar-refractivity contribution in [2.75, 3.05) is 19.1 Å². The first-order valence-corrected chi connectivity index (χ1v) is 7.02. The summed E-state index contributed by atoms with van der Waals surface area (Å²) in [5.74, 6) is 0.648. The fraction of sp³-hybridized carbons (Fsp3) is 0.538. The average molecular weight is 294 g/mol. The molecule has 0 spiro atoms. The minimum absolute atomic E-state index is 0.122. The Morgan fingerprint density at radius 1 is 1.18 bits per heavy atom. The van der Waals surface area contributed by atoms with Crippen LogP contribution in [0.15, 0.2) is 18.2 Å². The molecule has 1 fully saturated rings. The van der Waals surface area contributed by atoms with Gasteiger partial charge in [-0.2, -0.15) is 0 Å². The third kappa shape index (κ3) is 3.29. The van der Waals surface area contributed by atoms with Crippen LogP contribution in [0.2, 0.25) is 10.0 Å². The van der Waals surface area contributed by atoms with Crippen molar-refractivity contribution in [2.45, 2.75) is 19.3 Å². The fourth-order valence-corrected chi connectivity index (χ4v) is 3.07. The summed E-state index contributed by atoms with van der Waals surface area (Å²) in [6.45, 7) is 1.58. The van der Waals surface area contributed by atoms with Gasteiger partial charge in [0.05, 0.1) is 0 Å². The summed E-state index contributed by atoms with van der Waals surface area (Å²) in [7, 11) is 0. The van der Waals surface area contributed by atoms with Crippen LogP contribution in [0.1, 0.15) is 18.4 Å². The number of benzene rings is 1. The smallest absolute Gasteiger partial charge is 0.0471 e.